The molecule has 0 unspecified atom stereocenters. The first kappa shape index (κ1) is 33.2. The fourth-order valence-corrected chi connectivity index (χ4v) is 10.9. The number of benzene rings is 9. The molecule has 0 fully saturated rings. The molecule has 0 aliphatic heterocycles. The van der Waals surface area contributed by atoms with Crippen molar-refractivity contribution < 1.29 is 4.42 Å². The zero-order chi connectivity index (χ0) is 38.5. The Kier molecular flexibility index (Phi) is 7.18. The molecule has 274 valence electrons. The number of nitrogens with zero attached hydrogens (tertiary/aromatic N) is 1. The van der Waals surface area contributed by atoms with Crippen LogP contribution in [-0.4, -0.2) is 0 Å². The quantitative estimate of drug-likeness (QED) is 0.174. The van der Waals surface area contributed by atoms with E-state index in [4.69, 9.17) is 4.42 Å². The van der Waals surface area contributed by atoms with Crippen molar-refractivity contribution in [3.8, 4) is 33.4 Å². The van der Waals surface area contributed by atoms with E-state index in [1.807, 2.05) is 11.3 Å². The fraction of sp³-hybridized carbons (Fsp3) is 0.0545. The minimum Gasteiger partial charge on any atom is -0.455 e. The van der Waals surface area contributed by atoms with Crippen LogP contribution in [0.2, 0.25) is 0 Å². The van der Waals surface area contributed by atoms with Crippen LogP contribution in [-0.2, 0) is 5.41 Å². The van der Waals surface area contributed by atoms with E-state index in [1.54, 1.807) is 0 Å². The van der Waals surface area contributed by atoms with E-state index in [0.29, 0.717) is 0 Å². The van der Waals surface area contributed by atoms with Gasteiger partial charge in [-0.1, -0.05) is 147 Å². The van der Waals surface area contributed by atoms with Gasteiger partial charge in [-0.05, 0) is 104 Å². The molecule has 0 saturated heterocycles. The van der Waals surface area contributed by atoms with Crippen LogP contribution >= 0.6 is 11.3 Å². The van der Waals surface area contributed by atoms with E-state index < -0.39 is 0 Å². The molecule has 3 heteroatoms. The number of hydrogen-bond donors (Lipinski definition) is 0. The molecular formula is C55H37NOS. The Morgan fingerprint density at radius 2 is 1.07 bits per heavy atom. The Hall–Kier alpha value is -6.94. The molecule has 1 aliphatic carbocycles. The van der Waals surface area contributed by atoms with Gasteiger partial charge in [-0.2, -0.15) is 0 Å². The van der Waals surface area contributed by atoms with Crippen LogP contribution in [0, 0.1) is 0 Å². The van der Waals surface area contributed by atoms with Gasteiger partial charge in [-0.3, -0.25) is 0 Å². The highest BCUT2D eigenvalue weighted by atomic mass is 32.1. The van der Waals surface area contributed by atoms with Gasteiger partial charge in [0.1, 0.15) is 11.2 Å². The maximum atomic E-state index is 6.56. The second-order valence-corrected chi connectivity index (χ2v) is 17.1. The minimum absolute atomic E-state index is 0.109. The lowest BCUT2D eigenvalue weighted by atomic mass is 9.82. The predicted molar refractivity (Wildman–Crippen MR) is 247 cm³/mol. The molecule has 0 spiro atoms. The van der Waals surface area contributed by atoms with Crippen LogP contribution in [0.15, 0.2) is 192 Å². The molecule has 0 amide bonds. The van der Waals surface area contributed by atoms with Crippen LogP contribution in [0.25, 0.3) is 86.3 Å². The van der Waals surface area contributed by atoms with E-state index in [0.717, 1.165) is 50.0 Å². The third kappa shape index (κ3) is 4.90. The Morgan fingerprint density at radius 1 is 0.448 bits per heavy atom. The molecule has 2 nitrogen and oxygen atoms in total. The van der Waals surface area contributed by atoms with Crippen molar-refractivity contribution >= 4 is 81.3 Å². The van der Waals surface area contributed by atoms with Crippen LogP contribution in [0.1, 0.15) is 25.0 Å². The summed E-state index contributed by atoms with van der Waals surface area (Å²) in [5, 5.41) is 7.26. The molecule has 11 aromatic rings. The van der Waals surface area contributed by atoms with E-state index in [1.165, 1.54) is 64.5 Å². The molecule has 1 aliphatic rings. The number of thiophene rings is 1. The minimum atomic E-state index is -0.109. The molecule has 12 rings (SSSR count). The summed E-state index contributed by atoms with van der Waals surface area (Å²) in [5.74, 6) is 0. The first-order chi connectivity index (χ1) is 28.5. The summed E-state index contributed by atoms with van der Waals surface area (Å²) in [4.78, 5) is 2.41. The second kappa shape index (κ2) is 12.5. The van der Waals surface area contributed by atoms with Crippen molar-refractivity contribution in [1.82, 2.24) is 0 Å². The van der Waals surface area contributed by atoms with Gasteiger partial charge in [0.2, 0.25) is 0 Å². The van der Waals surface area contributed by atoms with Crippen molar-refractivity contribution in [1.29, 1.82) is 0 Å². The third-order valence-electron chi connectivity index (χ3n) is 12.5. The van der Waals surface area contributed by atoms with Gasteiger partial charge in [0, 0.05) is 58.8 Å². The van der Waals surface area contributed by atoms with Gasteiger partial charge in [0.25, 0.3) is 0 Å². The van der Waals surface area contributed by atoms with Crippen LogP contribution in [0.4, 0.5) is 17.1 Å². The number of hydrogen-bond acceptors (Lipinski definition) is 3. The van der Waals surface area contributed by atoms with Crippen molar-refractivity contribution in [2.45, 2.75) is 19.3 Å². The lowest BCUT2D eigenvalue weighted by molar-refractivity contribution is 0.660. The standard InChI is InChI=1S/C55H37NOS/c1-55(2)48-18-7-5-13-43(48)44-32-30-39(33-49(44)55)56(38-28-23-36(24-29-38)42-16-9-17-46-45-14-6-8-20-51(45)58-54(42)46)37-26-21-35(22-27-37)40-15-10-19-50-52(40)47-31-25-34-11-3-4-12-41(34)53(47)57-50/h3-33H,1-2H3. The van der Waals surface area contributed by atoms with Gasteiger partial charge in [0.15, 0.2) is 0 Å². The largest absolute Gasteiger partial charge is 0.455 e. The molecule has 0 N–H and O–H groups in total. The Labute approximate surface area is 340 Å². The summed E-state index contributed by atoms with van der Waals surface area (Å²) >= 11 is 1.88. The lowest BCUT2D eigenvalue weighted by Gasteiger charge is -2.28. The smallest absolute Gasteiger partial charge is 0.143 e. The van der Waals surface area contributed by atoms with Crippen LogP contribution in [0.3, 0.4) is 0 Å². The normalized spacial score (nSPS) is 13.1. The maximum Gasteiger partial charge on any atom is 0.143 e. The van der Waals surface area contributed by atoms with Gasteiger partial charge in [0.05, 0.1) is 0 Å². The van der Waals surface area contributed by atoms with E-state index in [9.17, 15) is 0 Å². The average Bonchev–Trinajstić information content (AvgIpc) is 3.92. The van der Waals surface area contributed by atoms with Crippen LogP contribution in [0.5, 0.6) is 0 Å². The molecule has 0 saturated carbocycles. The summed E-state index contributed by atoms with van der Waals surface area (Å²) in [6.45, 7) is 4.71. The first-order valence-corrected chi connectivity index (χ1v) is 20.8. The van der Waals surface area contributed by atoms with Crippen molar-refractivity contribution in [3.05, 3.63) is 199 Å². The average molecular weight is 760 g/mol. The molecule has 0 bridgehead atoms. The van der Waals surface area contributed by atoms with Gasteiger partial charge in [-0.15, -0.1) is 11.3 Å². The Morgan fingerprint density at radius 3 is 1.90 bits per heavy atom. The zero-order valence-electron chi connectivity index (χ0n) is 32.2. The molecule has 58 heavy (non-hydrogen) atoms. The highest BCUT2D eigenvalue weighted by Crippen LogP contribution is 2.51. The molecule has 9 aromatic carbocycles. The van der Waals surface area contributed by atoms with Crippen molar-refractivity contribution in [2.75, 3.05) is 4.90 Å². The van der Waals surface area contributed by atoms with Gasteiger partial charge >= 0.3 is 0 Å². The number of furan rings is 1. The summed E-state index contributed by atoms with van der Waals surface area (Å²) < 4.78 is 9.21. The molecule has 0 atom stereocenters. The van der Waals surface area contributed by atoms with Gasteiger partial charge in [-0.25, -0.2) is 0 Å². The summed E-state index contributed by atoms with van der Waals surface area (Å²) in [5.41, 5.74) is 15.3. The monoisotopic (exact) mass is 759 g/mol. The topological polar surface area (TPSA) is 16.4 Å². The second-order valence-electron chi connectivity index (χ2n) is 16.1. The predicted octanol–water partition coefficient (Wildman–Crippen LogP) is 16.2. The summed E-state index contributed by atoms with van der Waals surface area (Å²) in [7, 11) is 0. The van der Waals surface area contributed by atoms with Gasteiger partial charge < -0.3 is 9.32 Å². The molecule has 2 aromatic heterocycles. The maximum absolute atomic E-state index is 6.56. The van der Waals surface area contributed by atoms with Crippen molar-refractivity contribution in [3.63, 3.8) is 0 Å². The molecule has 0 radical (unpaired) electrons. The third-order valence-corrected chi connectivity index (χ3v) is 13.7. The SMILES string of the molecule is CC1(C)c2ccccc2-c2ccc(N(c3ccc(-c4cccc5c4sc4ccccc45)cc3)c3ccc(-c4cccc5oc6c7ccccc7ccc6c45)cc3)cc21. The van der Waals surface area contributed by atoms with E-state index >= 15 is 0 Å². The first-order valence-electron chi connectivity index (χ1n) is 20.0. The summed E-state index contributed by atoms with van der Waals surface area (Å²) in [6.07, 6.45) is 0. The number of rotatable bonds is 5. The van der Waals surface area contributed by atoms with E-state index in [2.05, 4.69) is 207 Å². The summed E-state index contributed by atoms with van der Waals surface area (Å²) in [6, 6.07) is 68.8. The molecular weight excluding hydrogens is 723 g/mol. The lowest BCUT2D eigenvalue weighted by Crippen LogP contribution is -2.16. The molecule has 2 heterocycles. The highest BCUT2D eigenvalue weighted by molar-refractivity contribution is 7.26. The van der Waals surface area contributed by atoms with E-state index in [-0.39, 0.29) is 5.41 Å². The van der Waals surface area contributed by atoms with Crippen LogP contribution < -0.4 is 4.90 Å². The number of anilines is 3. The number of fused-ring (bicyclic) bond motifs is 11. The fourth-order valence-electron chi connectivity index (χ4n) is 9.63. The zero-order valence-corrected chi connectivity index (χ0v) is 33.0. The Balaban J connectivity index is 0.988. The highest BCUT2D eigenvalue weighted by Gasteiger charge is 2.35. The van der Waals surface area contributed by atoms with Crippen molar-refractivity contribution in [2.24, 2.45) is 0 Å². The Bertz CT molecular complexity index is 3420.